The minimum Gasteiger partial charge on any atom is -0.378 e. The number of hydrogen-bond acceptors (Lipinski definition) is 7. The SMILES string of the molecule is CC(C)N1CCC(n2cc(CC(=O)c3cnn4ccc(N5CCOCC5)nc34)c(C(F)F)n2)CC1. The van der Waals surface area contributed by atoms with Crippen LogP contribution in [0.15, 0.2) is 24.7 Å². The Labute approximate surface area is 202 Å². The Morgan fingerprint density at radius 2 is 1.91 bits per heavy atom. The smallest absolute Gasteiger partial charge is 0.282 e. The van der Waals surface area contributed by atoms with Gasteiger partial charge in [0.05, 0.1) is 31.0 Å². The number of ketones is 1. The molecule has 9 nitrogen and oxygen atoms in total. The summed E-state index contributed by atoms with van der Waals surface area (Å²) in [6.07, 6.45) is 3.63. The monoisotopic (exact) mass is 487 g/mol. The molecule has 0 aliphatic carbocycles. The number of ether oxygens (including phenoxy) is 1. The number of rotatable bonds is 7. The van der Waals surface area contributed by atoms with Gasteiger partial charge in [-0.3, -0.25) is 9.48 Å². The van der Waals surface area contributed by atoms with Gasteiger partial charge >= 0.3 is 0 Å². The molecule has 3 aromatic heterocycles. The van der Waals surface area contributed by atoms with Crippen LogP contribution in [0, 0.1) is 0 Å². The van der Waals surface area contributed by atoms with Crippen molar-refractivity contribution in [1.82, 2.24) is 29.3 Å². The van der Waals surface area contributed by atoms with E-state index >= 15 is 0 Å². The third kappa shape index (κ3) is 4.92. The van der Waals surface area contributed by atoms with Gasteiger partial charge in [-0.1, -0.05) is 0 Å². The van der Waals surface area contributed by atoms with E-state index in [2.05, 4.69) is 38.8 Å². The fourth-order valence-corrected chi connectivity index (χ4v) is 4.91. The van der Waals surface area contributed by atoms with Gasteiger partial charge < -0.3 is 14.5 Å². The molecule has 2 saturated heterocycles. The second kappa shape index (κ2) is 9.98. The Kier molecular flexibility index (Phi) is 6.79. The van der Waals surface area contributed by atoms with Crippen molar-refractivity contribution in [2.24, 2.45) is 0 Å². The first-order valence-electron chi connectivity index (χ1n) is 12.2. The number of piperidine rings is 1. The molecule has 0 bridgehead atoms. The quantitative estimate of drug-likeness (QED) is 0.474. The normalized spacial score (nSPS) is 18.3. The standard InChI is InChI=1S/C24H31F2N7O2/c1-16(2)30-6-3-18(4-7-30)33-15-17(22(29-33)23(25)26)13-20(34)19-14-27-32-8-5-21(28-24(19)32)31-9-11-35-12-10-31/h5,8,14-16,18,23H,3-4,6-7,9-13H2,1-2H3. The maximum Gasteiger partial charge on any atom is 0.282 e. The van der Waals surface area contributed by atoms with Crippen LogP contribution in [0.25, 0.3) is 5.65 Å². The second-order valence-electron chi connectivity index (χ2n) is 9.49. The van der Waals surface area contributed by atoms with Crippen LogP contribution in [-0.4, -0.2) is 80.5 Å². The van der Waals surface area contributed by atoms with Crippen LogP contribution in [0.1, 0.15) is 60.8 Å². The number of fused-ring (bicyclic) bond motifs is 1. The predicted octanol–water partition coefficient (Wildman–Crippen LogP) is 3.17. The molecule has 0 unspecified atom stereocenters. The van der Waals surface area contributed by atoms with E-state index in [1.54, 1.807) is 17.1 Å². The molecular weight excluding hydrogens is 456 g/mol. The van der Waals surface area contributed by atoms with Crippen molar-refractivity contribution >= 4 is 17.2 Å². The number of hydrogen-bond donors (Lipinski definition) is 0. The molecule has 2 aliphatic heterocycles. The molecule has 2 aliphatic rings. The second-order valence-corrected chi connectivity index (χ2v) is 9.49. The summed E-state index contributed by atoms with van der Waals surface area (Å²) in [5.41, 5.74) is 0.687. The van der Waals surface area contributed by atoms with Crippen molar-refractivity contribution in [3.63, 3.8) is 0 Å². The predicted molar refractivity (Wildman–Crippen MR) is 126 cm³/mol. The Balaban J connectivity index is 1.36. The van der Waals surface area contributed by atoms with Gasteiger partial charge in [-0.25, -0.2) is 18.3 Å². The molecular formula is C24H31F2N7O2. The van der Waals surface area contributed by atoms with Gasteiger partial charge in [-0.05, 0) is 32.8 Å². The highest BCUT2D eigenvalue weighted by Crippen LogP contribution is 2.29. The van der Waals surface area contributed by atoms with Crippen LogP contribution in [0.4, 0.5) is 14.6 Å². The molecule has 188 valence electrons. The zero-order chi connectivity index (χ0) is 24.5. The molecule has 0 radical (unpaired) electrons. The summed E-state index contributed by atoms with van der Waals surface area (Å²) in [5.74, 6) is 0.437. The first-order chi connectivity index (χ1) is 16.9. The van der Waals surface area contributed by atoms with E-state index in [9.17, 15) is 13.6 Å². The summed E-state index contributed by atoms with van der Waals surface area (Å²) in [7, 11) is 0. The largest absolute Gasteiger partial charge is 0.378 e. The van der Waals surface area contributed by atoms with Crippen LogP contribution in [0.5, 0.6) is 0 Å². The van der Waals surface area contributed by atoms with E-state index < -0.39 is 6.43 Å². The molecule has 3 aromatic rings. The highest BCUT2D eigenvalue weighted by Gasteiger charge is 2.27. The van der Waals surface area contributed by atoms with E-state index in [-0.39, 0.29) is 29.5 Å². The number of Topliss-reactive ketones (excluding diaryl/α,β-unsaturated/α-hetero) is 1. The Hall–Kier alpha value is -2.92. The van der Waals surface area contributed by atoms with Crippen molar-refractivity contribution in [3.05, 3.63) is 41.5 Å². The number of likely N-dealkylation sites (tertiary alicyclic amines) is 1. The van der Waals surface area contributed by atoms with Crippen LogP contribution in [0.2, 0.25) is 0 Å². The fraction of sp³-hybridized carbons (Fsp3) is 0.583. The van der Waals surface area contributed by atoms with Crippen molar-refractivity contribution < 1.29 is 18.3 Å². The molecule has 0 saturated carbocycles. The minimum atomic E-state index is -2.75. The van der Waals surface area contributed by atoms with Gasteiger partial charge in [0.2, 0.25) is 0 Å². The number of anilines is 1. The Morgan fingerprint density at radius 3 is 2.60 bits per heavy atom. The summed E-state index contributed by atoms with van der Waals surface area (Å²) in [6.45, 7) is 8.79. The zero-order valence-corrected chi connectivity index (χ0v) is 20.1. The highest BCUT2D eigenvalue weighted by atomic mass is 19.3. The fourth-order valence-electron chi connectivity index (χ4n) is 4.91. The van der Waals surface area contributed by atoms with Gasteiger partial charge in [0.1, 0.15) is 11.5 Å². The molecule has 0 atom stereocenters. The summed E-state index contributed by atoms with van der Waals surface area (Å²) in [5, 5.41) is 8.46. The zero-order valence-electron chi connectivity index (χ0n) is 20.1. The summed E-state index contributed by atoms with van der Waals surface area (Å²) in [6, 6.07) is 2.37. The number of halogens is 2. The lowest BCUT2D eigenvalue weighted by Gasteiger charge is -2.34. The van der Waals surface area contributed by atoms with Crippen molar-refractivity contribution in [2.75, 3.05) is 44.3 Å². The van der Waals surface area contributed by atoms with E-state index in [0.717, 1.165) is 31.7 Å². The van der Waals surface area contributed by atoms with Crippen LogP contribution in [0.3, 0.4) is 0 Å². The molecule has 5 rings (SSSR count). The third-order valence-corrected chi connectivity index (χ3v) is 6.99. The van der Waals surface area contributed by atoms with E-state index in [0.29, 0.717) is 43.6 Å². The van der Waals surface area contributed by atoms with Gasteiger partial charge in [-0.2, -0.15) is 10.2 Å². The topological polar surface area (TPSA) is 80.8 Å². The number of alkyl halides is 2. The minimum absolute atomic E-state index is 0.0566. The molecule has 5 heterocycles. The molecule has 0 N–H and O–H groups in total. The average Bonchev–Trinajstić information content (AvgIpc) is 3.49. The van der Waals surface area contributed by atoms with Crippen molar-refractivity contribution in [3.8, 4) is 0 Å². The van der Waals surface area contributed by atoms with Crippen LogP contribution < -0.4 is 4.90 Å². The molecule has 0 amide bonds. The maximum atomic E-state index is 13.8. The molecule has 0 spiro atoms. The van der Waals surface area contributed by atoms with E-state index in [4.69, 9.17) is 4.74 Å². The summed E-state index contributed by atoms with van der Waals surface area (Å²) >= 11 is 0. The molecule has 0 aromatic carbocycles. The van der Waals surface area contributed by atoms with Crippen LogP contribution in [-0.2, 0) is 11.2 Å². The number of morpholine rings is 1. The number of aromatic nitrogens is 5. The third-order valence-electron chi connectivity index (χ3n) is 6.99. The van der Waals surface area contributed by atoms with Gasteiger partial charge in [0.25, 0.3) is 6.43 Å². The lowest BCUT2D eigenvalue weighted by molar-refractivity contribution is 0.0992. The molecule has 11 heteroatoms. The summed E-state index contributed by atoms with van der Waals surface area (Å²) < 4.78 is 36.3. The van der Waals surface area contributed by atoms with Gasteiger partial charge in [0, 0.05) is 56.6 Å². The number of nitrogens with zero attached hydrogens (tertiary/aromatic N) is 7. The number of carbonyl (C=O) groups excluding carboxylic acids is 1. The lowest BCUT2D eigenvalue weighted by atomic mass is 10.0. The first-order valence-corrected chi connectivity index (χ1v) is 12.2. The number of carbonyl (C=O) groups is 1. The Morgan fingerprint density at radius 1 is 1.17 bits per heavy atom. The van der Waals surface area contributed by atoms with Crippen LogP contribution >= 0.6 is 0 Å². The van der Waals surface area contributed by atoms with Crippen molar-refractivity contribution in [2.45, 2.75) is 51.6 Å². The highest BCUT2D eigenvalue weighted by molar-refractivity contribution is 6.02. The Bertz CT molecular complexity index is 1180. The first kappa shape index (κ1) is 23.8. The van der Waals surface area contributed by atoms with Gasteiger partial charge in [0.15, 0.2) is 11.4 Å². The lowest BCUT2D eigenvalue weighted by Crippen LogP contribution is -2.39. The molecule has 35 heavy (non-hydrogen) atoms. The van der Waals surface area contributed by atoms with Gasteiger partial charge in [-0.15, -0.1) is 0 Å². The maximum absolute atomic E-state index is 13.8. The molecule has 2 fully saturated rings. The van der Waals surface area contributed by atoms with E-state index in [1.807, 2.05) is 6.07 Å². The van der Waals surface area contributed by atoms with E-state index in [1.165, 1.54) is 10.7 Å². The average molecular weight is 488 g/mol. The van der Waals surface area contributed by atoms with Crippen molar-refractivity contribution in [1.29, 1.82) is 0 Å². The summed E-state index contributed by atoms with van der Waals surface area (Å²) in [4.78, 5) is 22.4.